The summed E-state index contributed by atoms with van der Waals surface area (Å²) in [6, 6.07) is 6.51. The lowest BCUT2D eigenvalue weighted by molar-refractivity contribution is -0.122. The summed E-state index contributed by atoms with van der Waals surface area (Å²) in [7, 11) is 0. The fourth-order valence-electron chi connectivity index (χ4n) is 2.58. The van der Waals surface area contributed by atoms with Gasteiger partial charge in [0.25, 0.3) is 0 Å². The molecule has 0 spiro atoms. The molecule has 23 heavy (non-hydrogen) atoms. The standard InChI is InChI=1S/C17H23N3O3/c21-16-14(6-3-4-10-18-16)20-17(22)19-13-5-1-2-7-15(13)23-11-12-8-9-12/h1-2,5,7,12,14H,3-4,6,8-11H2,(H,18,21)(H2,19,20,22). The van der Waals surface area contributed by atoms with Crippen LogP contribution in [0.5, 0.6) is 5.75 Å². The van der Waals surface area contributed by atoms with Gasteiger partial charge in [0.2, 0.25) is 5.91 Å². The zero-order chi connectivity index (χ0) is 16.1. The molecule has 1 saturated heterocycles. The normalized spacial score (nSPS) is 21.0. The predicted octanol–water partition coefficient (Wildman–Crippen LogP) is 2.27. The van der Waals surface area contributed by atoms with E-state index in [0.717, 1.165) is 12.8 Å². The highest BCUT2D eigenvalue weighted by atomic mass is 16.5. The minimum Gasteiger partial charge on any atom is -0.491 e. The van der Waals surface area contributed by atoms with E-state index < -0.39 is 6.04 Å². The minimum absolute atomic E-state index is 0.115. The summed E-state index contributed by atoms with van der Waals surface area (Å²) in [5.74, 6) is 1.20. The number of nitrogens with one attached hydrogen (secondary N) is 3. The molecule has 0 aromatic heterocycles. The predicted molar refractivity (Wildman–Crippen MR) is 87.5 cm³/mol. The van der Waals surface area contributed by atoms with Gasteiger partial charge in [0.15, 0.2) is 0 Å². The van der Waals surface area contributed by atoms with Gasteiger partial charge < -0.3 is 20.7 Å². The first-order valence-corrected chi connectivity index (χ1v) is 8.29. The molecule has 1 aliphatic carbocycles. The third kappa shape index (κ3) is 4.61. The molecule has 1 saturated carbocycles. The Kier molecular flexibility index (Phi) is 5.00. The molecule has 124 valence electrons. The highest BCUT2D eigenvalue weighted by Crippen LogP contribution is 2.31. The number of amides is 3. The van der Waals surface area contributed by atoms with Crippen LogP contribution >= 0.6 is 0 Å². The Balaban J connectivity index is 1.57. The van der Waals surface area contributed by atoms with Crippen LogP contribution in [-0.2, 0) is 4.79 Å². The van der Waals surface area contributed by atoms with Gasteiger partial charge in [-0.3, -0.25) is 4.79 Å². The van der Waals surface area contributed by atoms with Gasteiger partial charge in [0.1, 0.15) is 11.8 Å². The topological polar surface area (TPSA) is 79.5 Å². The van der Waals surface area contributed by atoms with Crippen molar-refractivity contribution in [1.82, 2.24) is 10.6 Å². The Labute approximate surface area is 136 Å². The van der Waals surface area contributed by atoms with E-state index in [4.69, 9.17) is 4.74 Å². The molecule has 2 fully saturated rings. The number of carbonyl (C=O) groups is 2. The summed E-state index contributed by atoms with van der Waals surface area (Å²) in [4.78, 5) is 24.1. The number of ether oxygens (including phenoxy) is 1. The number of anilines is 1. The molecule has 3 amide bonds. The van der Waals surface area contributed by atoms with Gasteiger partial charge in [0.05, 0.1) is 12.3 Å². The van der Waals surface area contributed by atoms with Crippen molar-refractivity contribution in [2.45, 2.75) is 38.1 Å². The first-order chi connectivity index (χ1) is 11.2. The van der Waals surface area contributed by atoms with Crippen LogP contribution in [-0.4, -0.2) is 31.1 Å². The van der Waals surface area contributed by atoms with Gasteiger partial charge in [-0.15, -0.1) is 0 Å². The lowest BCUT2D eigenvalue weighted by Crippen LogP contribution is -2.47. The third-order valence-electron chi connectivity index (χ3n) is 4.15. The molecule has 0 radical (unpaired) electrons. The second kappa shape index (κ2) is 7.35. The molecule has 1 aromatic carbocycles. The van der Waals surface area contributed by atoms with Gasteiger partial charge in [-0.05, 0) is 50.2 Å². The van der Waals surface area contributed by atoms with Crippen LogP contribution in [0.15, 0.2) is 24.3 Å². The quantitative estimate of drug-likeness (QED) is 0.779. The molecular weight excluding hydrogens is 294 g/mol. The van der Waals surface area contributed by atoms with Crippen molar-refractivity contribution in [3.8, 4) is 5.75 Å². The second-order valence-electron chi connectivity index (χ2n) is 6.19. The number of urea groups is 1. The number of hydrogen-bond acceptors (Lipinski definition) is 3. The van der Waals surface area contributed by atoms with Crippen LogP contribution in [0.25, 0.3) is 0 Å². The third-order valence-corrected chi connectivity index (χ3v) is 4.15. The Hall–Kier alpha value is -2.24. The lowest BCUT2D eigenvalue weighted by atomic mass is 10.1. The van der Waals surface area contributed by atoms with E-state index in [1.807, 2.05) is 18.2 Å². The van der Waals surface area contributed by atoms with Gasteiger partial charge in [0, 0.05) is 6.54 Å². The Morgan fingerprint density at radius 1 is 1.22 bits per heavy atom. The summed E-state index contributed by atoms with van der Waals surface area (Å²) in [6.45, 7) is 1.36. The SMILES string of the molecule is O=C(Nc1ccccc1OCC1CC1)NC1CCCCNC1=O. The van der Waals surface area contributed by atoms with Crippen molar-refractivity contribution in [3.05, 3.63) is 24.3 Å². The fourth-order valence-corrected chi connectivity index (χ4v) is 2.58. The molecule has 1 aliphatic heterocycles. The first kappa shape index (κ1) is 15.6. The average molecular weight is 317 g/mol. The van der Waals surface area contributed by atoms with Crippen molar-refractivity contribution in [3.63, 3.8) is 0 Å². The van der Waals surface area contributed by atoms with E-state index >= 15 is 0 Å². The molecular formula is C17H23N3O3. The zero-order valence-electron chi connectivity index (χ0n) is 13.1. The van der Waals surface area contributed by atoms with Gasteiger partial charge in [-0.25, -0.2) is 4.79 Å². The molecule has 6 nitrogen and oxygen atoms in total. The van der Waals surface area contributed by atoms with Gasteiger partial charge >= 0.3 is 6.03 Å². The first-order valence-electron chi connectivity index (χ1n) is 8.29. The number of rotatable bonds is 5. The van der Waals surface area contributed by atoms with E-state index in [-0.39, 0.29) is 11.9 Å². The highest BCUT2D eigenvalue weighted by Gasteiger charge is 2.24. The van der Waals surface area contributed by atoms with Crippen LogP contribution in [0, 0.1) is 5.92 Å². The Bertz CT molecular complexity index is 572. The van der Waals surface area contributed by atoms with Crippen molar-refractivity contribution >= 4 is 17.6 Å². The largest absolute Gasteiger partial charge is 0.491 e. The maximum atomic E-state index is 12.2. The molecule has 2 aliphatic rings. The van der Waals surface area contributed by atoms with Crippen LogP contribution in [0.3, 0.4) is 0 Å². The monoisotopic (exact) mass is 317 g/mol. The van der Waals surface area contributed by atoms with Crippen molar-refractivity contribution in [2.24, 2.45) is 5.92 Å². The number of carbonyl (C=O) groups excluding carboxylic acids is 2. The highest BCUT2D eigenvalue weighted by molar-refractivity contribution is 5.94. The number of para-hydroxylation sites is 2. The van der Waals surface area contributed by atoms with Gasteiger partial charge in [-0.1, -0.05) is 12.1 Å². The molecule has 3 N–H and O–H groups in total. The lowest BCUT2D eigenvalue weighted by Gasteiger charge is -2.17. The smallest absolute Gasteiger partial charge is 0.319 e. The number of hydrogen-bond donors (Lipinski definition) is 3. The summed E-state index contributed by atoms with van der Waals surface area (Å²) in [6.07, 6.45) is 4.97. The summed E-state index contributed by atoms with van der Waals surface area (Å²) < 4.78 is 5.77. The molecule has 0 bridgehead atoms. The van der Waals surface area contributed by atoms with Crippen LogP contribution < -0.4 is 20.7 Å². The molecule has 1 atom stereocenters. The van der Waals surface area contributed by atoms with E-state index in [2.05, 4.69) is 16.0 Å². The van der Waals surface area contributed by atoms with Crippen LogP contribution in [0.1, 0.15) is 32.1 Å². The average Bonchev–Trinajstić information content (AvgIpc) is 3.37. The molecule has 1 unspecified atom stereocenters. The summed E-state index contributed by atoms with van der Waals surface area (Å²) in [5.41, 5.74) is 0.625. The van der Waals surface area contributed by atoms with E-state index in [9.17, 15) is 9.59 Å². The second-order valence-corrected chi connectivity index (χ2v) is 6.19. The molecule has 1 heterocycles. The maximum Gasteiger partial charge on any atom is 0.319 e. The zero-order valence-corrected chi connectivity index (χ0v) is 13.1. The van der Waals surface area contributed by atoms with E-state index in [1.54, 1.807) is 6.07 Å². The molecule has 1 aromatic rings. The van der Waals surface area contributed by atoms with Crippen molar-refractivity contribution in [2.75, 3.05) is 18.5 Å². The van der Waals surface area contributed by atoms with E-state index in [1.165, 1.54) is 12.8 Å². The van der Waals surface area contributed by atoms with Crippen molar-refractivity contribution < 1.29 is 14.3 Å². The van der Waals surface area contributed by atoms with Gasteiger partial charge in [-0.2, -0.15) is 0 Å². The molecule has 3 rings (SSSR count). The fraction of sp³-hybridized carbons (Fsp3) is 0.529. The summed E-state index contributed by atoms with van der Waals surface area (Å²) in [5, 5.41) is 8.34. The Morgan fingerprint density at radius 3 is 2.87 bits per heavy atom. The number of benzene rings is 1. The van der Waals surface area contributed by atoms with Crippen molar-refractivity contribution in [1.29, 1.82) is 0 Å². The minimum atomic E-state index is -0.475. The maximum absolute atomic E-state index is 12.2. The van der Waals surface area contributed by atoms with E-state index in [0.29, 0.717) is 36.9 Å². The summed E-state index contributed by atoms with van der Waals surface area (Å²) >= 11 is 0. The van der Waals surface area contributed by atoms with Crippen LogP contribution in [0.4, 0.5) is 10.5 Å². The Morgan fingerprint density at radius 2 is 2.04 bits per heavy atom. The van der Waals surface area contributed by atoms with Crippen LogP contribution in [0.2, 0.25) is 0 Å². The molecule has 6 heteroatoms.